The highest BCUT2D eigenvalue weighted by molar-refractivity contribution is 6.00. The minimum atomic E-state index is -1.27. The van der Waals surface area contributed by atoms with Crippen molar-refractivity contribution in [3.05, 3.63) is 71.0 Å². The van der Waals surface area contributed by atoms with Gasteiger partial charge in [-0.25, -0.2) is 4.39 Å². The minimum absolute atomic E-state index is 0.0899. The fraction of sp³-hybridized carbons (Fsp3) is 0.464. The molecule has 2 amide bonds. The fourth-order valence-corrected chi connectivity index (χ4v) is 4.17. The van der Waals surface area contributed by atoms with E-state index in [1.807, 2.05) is 51.1 Å². The number of ketones is 1. The van der Waals surface area contributed by atoms with Gasteiger partial charge >= 0.3 is 0 Å². The Hall–Kier alpha value is -3.10. The Morgan fingerprint density at radius 2 is 1.78 bits per heavy atom. The van der Waals surface area contributed by atoms with Gasteiger partial charge in [-0.15, -0.1) is 0 Å². The number of epoxide rings is 1. The van der Waals surface area contributed by atoms with Crippen molar-refractivity contribution in [2.24, 2.45) is 5.92 Å². The maximum absolute atomic E-state index is 14.1. The molecule has 1 aliphatic rings. The van der Waals surface area contributed by atoms with E-state index in [1.165, 1.54) is 18.2 Å². The average Bonchev–Trinajstić information content (AvgIpc) is 3.66. The first-order valence-electron chi connectivity index (χ1n) is 12.4. The molecule has 2 unspecified atom stereocenters. The molecule has 0 bridgehead atoms. The van der Waals surface area contributed by atoms with E-state index in [2.05, 4.69) is 10.6 Å². The van der Waals surface area contributed by atoms with E-state index in [-0.39, 0.29) is 36.1 Å². The van der Waals surface area contributed by atoms with E-state index >= 15 is 0 Å². The van der Waals surface area contributed by atoms with Crippen LogP contribution in [0.1, 0.15) is 55.1 Å². The number of ether oxygens (including phenoxy) is 1. The third-order valence-corrected chi connectivity index (χ3v) is 6.27. The zero-order valence-corrected chi connectivity index (χ0v) is 21.1. The molecule has 0 spiro atoms. The zero-order valence-electron chi connectivity index (χ0n) is 21.1. The number of aliphatic hydroxyl groups is 1. The summed E-state index contributed by atoms with van der Waals surface area (Å²) in [5, 5.41) is 15.2. The Labute approximate surface area is 211 Å². The van der Waals surface area contributed by atoms with Crippen LogP contribution in [0.5, 0.6) is 0 Å². The van der Waals surface area contributed by atoms with Crippen molar-refractivity contribution in [3.63, 3.8) is 0 Å². The van der Waals surface area contributed by atoms with Gasteiger partial charge in [0.2, 0.25) is 5.91 Å². The molecule has 1 saturated heterocycles. The molecule has 0 aromatic heterocycles. The molecule has 1 heterocycles. The van der Waals surface area contributed by atoms with Crippen LogP contribution >= 0.6 is 0 Å². The van der Waals surface area contributed by atoms with Crippen molar-refractivity contribution in [2.75, 3.05) is 13.2 Å². The monoisotopic (exact) mass is 498 g/mol. The number of aliphatic hydroxyl groups excluding tert-OH is 1. The lowest BCUT2D eigenvalue weighted by molar-refractivity contribution is -0.132. The molecule has 3 atom stereocenters. The molecular formula is C28H35FN2O5. The molecule has 0 radical (unpaired) electrons. The van der Waals surface area contributed by atoms with Gasteiger partial charge in [-0.3, -0.25) is 14.4 Å². The summed E-state index contributed by atoms with van der Waals surface area (Å²) in [5.41, 5.74) is 0.254. The normalized spacial score (nSPS) is 18.4. The molecule has 0 saturated carbocycles. The molecule has 194 valence electrons. The highest BCUT2D eigenvalue weighted by Crippen LogP contribution is 2.30. The predicted molar refractivity (Wildman–Crippen MR) is 134 cm³/mol. The molecule has 7 nitrogen and oxygen atoms in total. The number of carbonyl (C=O) groups is 3. The lowest BCUT2D eigenvalue weighted by atomic mass is 9.92. The van der Waals surface area contributed by atoms with Gasteiger partial charge < -0.3 is 20.5 Å². The number of halogens is 1. The van der Waals surface area contributed by atoms with Crippen LogP contribution < -0.4 is 10.6 Å². The summed E-state index contributed by atoms with van der Waals surface area (Å²) in [6.45, 7) is 5.44. The Kier molecular flexibility index (Phi) is 9.34. The standard InChI is InChI=1S/C28H35FN2O5/c1-4-8-20-15-21(11-12-22(20)29)26(34)31-24(14-19-9-6-5-7-10-19)27(35)30-23(13-18(2)3)25(33)28(16-32)17-36-28/h5-7,9-12,15,18,23-24,32H,4,8,13-14,16-17H2,1-3H3,(H,30,35)(H,31,34)/t23?,24-,28?/m0/s1. The van der Waals surface area contributed by atoms with Crippen LogP contribution in [0.15, 0.2) is 48.5 Å². The lowest BCUT2D eigenvalue weighted by Crippen LogP contribution is -2.55. The molecule has 3 rings (SSSR count). The van der Waals surface area contributed by atoms with E-state index in [0.717, 1.165) is 12.0 Å². The van der Waals surface area contributed by atoms with Crippen LogP contribution in [0.3, 0.4) is 0 Å². The van der Waals surface area contributed by atoms with Crippen molar-refractivity contribution >= 4 is 17.6 Å². The van der Waals surface area contributed by atoms with Crippen molar-refractivity contribution in [3.8, 4) is 0 Å². The highest BCUT2D eigenvalue weighted by Gasteiger charge is 2.54. The van der Waals surface area contributed by atoms with Crippen LogP contribution in [-0.4, -0.2) is 53.6 Å². The van der Waals surface area contributed by atoms with Crippen molar-refractivity contribution in [1.29, 1.82) is 0 Å². The summed E-state index contributed by atoms with van der Waals surface area (Å²) in [4.78, 5) is 39.6. The Bertz CT molecular complexity index is 1070. The smallest absolute Gasteiger partial charge is 0.251 e. The summed E-state index contributed by atoms with van der Waals surface area (Å²) in [5.74, 6) is -1.68. The third-order valence-electron chi connectivity index (χ3n) is 6.27. The molecule has 8 heteroatoms. The van der Waals surface area contributed by atoms with Crippen molar-refractivity contribution in [1.82, 2.24) is 10.6 Å². The van der Waals surface area contributed by atoms with Gasteiger partial charge in [0.25, 0.3) is 5.91 Å². The maximum Gasteiger partial charge on any atom is 0.251 e. The Morgan fingerprint density at radius 1 is 1.08 bits per heavy atom. The average molecular weight is 499 g/mol. The molecular weight excluding hydrogens is 463 g/mol. The second-order valence-electron chi connectivity index (χ2n) is 9.77. The second-order valence-corrected chi connectivity index (χ2v) is 9.77. The van der Waals surface area contributed by atoms with Crippen LogP contribution in [-0.2, 0) is 27.2 Å². The molecule has 3 N–H and O–H groups in total. The molecule has 1 aliphatic heterocycles. The first kappa shape index (κ1) is 27.5. The summed E-state index contributed by atoms with van der Waals surface area (Å²) < 4.78 is 19.3. The Balaban J connectivity index is 1.82. The number of Topliss-reactive ketones (excluding diaryl/α,β-unsaturated/α-hetero) is 1. The van der Waals surface area contributed by atoms with Crippen molar-refractivity contribution < 1.29 is 28.6 Å². The van der Waals surface area contributed by atoms with Gasteiger partial charge in [-0.2, -0.15) is 0 Å². The molecule has 2 aromatic rings. The second kappa shape index (κ2) is 12.2. The molecule has 2 aromatic carbocycles. The first-order valence-corrected chi connectivity index (χ1v) is 12.4. The number of hydrogen-bond acceptors (Lipinski definition) is 5. The van der Waals surface area contributed by atoms with Gasteiger partial charge in [0.15, 0.2) is 11.4 Å². The number of benzene rings is 2. The fourth-order valence-electron chi connectivity index (χ4n) is 4.17. The van der Waals surface area contributed by atoms with Gasteiger partial charge in [-0.1, -0.05) is 57.5 Å². The van der Waals surface area contributed by atoms with E-state index in [9.17, 15) is 23.9 Å². The largest absolute Gasteiger partial charge is 0.393 e. The summed E-state index contributed by atoms with van der Waals surface area (Å²) in [6.07, 6.45) is 1.78. The van der Waals surface area contributed by atoms with Crippen LogP contribution in [0.4, 0.5) is 4.39 Å². The zero-order chi connectivity index (χ0) is 26.3. The van der Waals surface area contributed by atoms with E-state index in [1.54, 1.807) is 0 Å². The topological polar surface area (TPSA) is 108 Å². The van der Waals surface area contributed by atoms with E-state index < -0.39 is 36.1 Å². The van der Waals surface area contributed by atoms with Gasteiger partial charge in [-0.05, 0) is 48.1 Å². The number of rotatable bonds is 13. The van der Waals surface area contributed by atoms with Gasteiger partial charge in [0.05, 0.1) is 19.3 Å². The lowest BCUT2D eigenvalue weighted by Gasteiger charge is -2.25. The Morgan fingerprint density at radius 3 is 2.36 bits per heavy atom. The summed E-state index contributed by atoms with van der Waals surface area (Å²) >= 11 is 0. The van der Waals surface area contributed by atoms with Crippen molar-refractivity contribution in [2.45, 2.75) is 64.1 Å². The van der Waals surface area contributed by atoms with Crippen LogP contribution in [0.25, 0.3) is 0 Å². The molecule has 0 aliphatic carbocycles. The molecule has 1 fully saturated rings. The predicted octanol–water partition coefficient (Wildman–Crippen LogP) is 2.98. The van der Waals surface area contributed by atoms with Gasteiger partial charge in [0.1, 0.15) is 11.9 Å². The van der Waals surface area contributed by atoms with Gasteiger partial charge in [0, 0.05) is 12.0 Å². The summed E-state index contributed by atoms with van der Waals surface area (Å²) in [7, 11) is 0. The van der Waals surface area contributed by atoms with Crippen LogP contribution in [0, 0.1) is 11.7 Å². The molecule has 36 heavy (non-hydrogen) atoms. The minimum Gasteiger partial charge on any atom is -0.393 e. The number of carbonyl (C=O) groups excluding carboxylic acids is 3. The summed E-state index contributed by atoms with van der Waals surface area (Å²) in [6, 6.07) is 11.5. The number of amides is 2. The first-order chi connectivity index (χ1) is 17.2. The maximum atomic E-state index is 14.1. The third kappa shape index (κ3) is 6.98. The van der Waals surface area contributed by atoms with Crippen LogP contribution in [0.2, 0.25) is 0 Å². The number of hydrogen-bond donors (Lipinski definition) is 3. The number of nitrogens with one attached hydrogen (secondary N) is 2. The number of aryl methyl sites for hydroxylation is 1. The highest BCUT2D eigenvalue weighted by atomic mass is 19.1. The van der Waals surface area contributed by atoms with E-state index in [4.69, 9.17) is 4.74 Å². The van der Waals surface area contributed by atoms with E-state index in [0.29, 0.717) is 18.4 Å². The SMILES string of the molecule is CCCc1cc(C(=O)N[C@@H](Cc2ccccc2)C(=O)NC(CC(C)C)C(=O)C2(CO)CO2)ccc1F. The quantitative estimate of drug-likeness (QED) is 0.368.